The molecule has 1 atom stereocenters. The maximum absolute atomic E-state index is 13.3. The van der Waals surface area contributed by atoms with Crippen molar-refractivity contribution in [2.45, 2.75) is 51.0 Å². The van der Waals surface area contributed by atoms with Crippen molar-refractivity contribution < 1.29 is 14.4 Å². The Morgan fingerprint density at radius 1 is 0.844 bits per heavy atom. The fourth-order valence-electron chi connectivity index (χ4n) is 6.71. The summed E-state index contributed by atoms with van der Waals surface area (Å²) < 4.78 is 0. The van der Waals surface area contributed by atoms with Gasteiger partial charge < -0.3 is 11.1 Å². The molecule has 0 heterocycles. The monoisotopic (exact) mass is 430 g/mol. The van der Waals surface area contributed by atoms with Gasteiger partial charge in [0.25, 0.3) is 0 Å². The molecule has 4 aliphatic carbocycles. The topological polar surface area (TPSA) is 89.3 Å². The van der Waals surface area contributed by atoms with Crippen LogP contribution in [0, 0.1) is 23.2 Å². The van der Waals surface area contributed by atoms with Crippen molar-refractivity contribution in [2.24, 2.45) is 28.9 Å². The number of rotatable bonds is 7. The summed E-state index contributed by atoms with van der Waals surface area (Å²) in [4.78, 5) is 38.1. The summed E-state index contributed by atoms with van der Waals surface area (Å²) in [5.41, 5.74) is 7.45. The normalized spacial score (nSPS) is 28.8. The van der Waals surface area contributed by atoms with Crippen LogP contribution in [-0.4, -0.2) is 23.6 Å². The molecule has 166 valence electrons. The molecule has 0 unspecified atom stereocenters. The molecule has 0 saturated heterocycles. The summed E-state index contributed by atoms with van der Waals surface area (Å²) >= 11 is 0. The molecule has 32 heavy (non-hydrogen) atoms. The quantitative estimate of drug-likeness (QED) is 0.657. The fourth-order valence-corrected chi connectivity index (χ4v) is 6.71. The summed E-state index contributed by atoms with van der Waals surface area (Å²) in [5.74, 6) is 1.43. The Labute approximate surface area is 188 Å². The van der Waals surface area contributed by atoms with E-state index in [4.69, 9.17) is 5.73 Å². The van der Waals surface area contributed by atoms with Gasteiger partial charge in [-0.2, -0.15) is 0 Å². The van der Waals surface area contributed by atoms with Gasteiger partial charge in [-0.25, -0.2) is 0 Å². The Kier molecular flexibility index (Phi) is 5.36. The van der Waals surface area contributed by atoms with Crippen LogP contribution in [-0.2, 0) is 16.0 Å². The SMILES string of the molecule is NC(=O)[C@H](Cc1ccc(C(=O)c2ccccc2)cc1)NC(=O)C12CC3CC(CC(C3)C1)C2. The minimum atomic E-state index is -0.744. The molecule has 6 rings (SSSR count). The predicted molar refractivity (Wildman–Crippen MR) is 122 cm³/mol. The van der Waals surface area contributed by atoms with Gasteiger partial charge in [-0.05, 0) is 61.8 Å². The van der Waals surface area contributed by atoms with Crippen molar-refractivity contribution >= 4 is 17.6 Å². The molecule has 4 bridgehead atoms. The molecule has 4 saturated carbocycles. The molecule has 4 fully saturated rings. The highest BCUT2D eigenvalue weighted by molar-refractivity contribution is 6.08. The molecular weight excluding hydrogens is 400 g/mol. The number of ketones is 1. The number of amides is 2. The third kappa shape index (κ3) is 3.96. The Bertz CT molecular complexity index is 993. The van der Waals surface area contributed by atoms with E-state index >= 15 is 0 Å². The Morgan fingerprint density at radius 3 is 1.91 bits per heavy atom. The Morgan fingerprint density at radius 2 is 1.38 bits per heavy atom. The molecule has 2 amide bonds. The lowest BCUT2D eigenvalue weighted by Gasteiger charge is -2.55. The fraction of sp³-hybridized carbons (Fsp3) is 0.444. The van der Waals surface area contributed by atoms with E-state index in [1.807, 2.05) is 30.3 Å². The second-order valence-electron chi connectivity index (χ2n) is 10.2. The maximum Gasteiger partial charge on any atom is 0.240 e. The van der Waals surface area contributed by atoms with Crippen LogP contribution >= 0.6 is 0 Å². The van der Waals surface area contributed by atoms with Gasteiger partial charge in [0, 0.05) is 23.0 Å². The van der Waals surface area contributed by atoms with Gasteiger partial charge >= 0.3 is 0 Å². The van der Waals surface area contributed by atoms with Crippen molar-refractivity contribution in [2.75, 3.05) is 0 Å². The first kappa shape index (κ1) is 20.9. The van der Waals surface area contributed by atoms with E-state index in [1.54, 1.807) is 24.3 Å². The van der Waals surface area contributed by atoms with E-state index in [9.17, 15) is 14.4 Å². The summed E-state index contributed by atoms with van der Waals surface area (Å²) in [7, 11) is 0. The minimum absolute atomic E-state index is 0.0104. The summed E-state index contributed by atoms with van der Waals surface area (Å²) in [6, 6.07) is 15.6. The van der Waals surface area contributed by atoms with Crippen molar-refractivity contribution in [3.05, 3.63) is 71.3 Å². The van der Waals surface area contributed by atoms with E-state index in [2.05, 4.69) is 5.32 Å². The average molecular weight is 431 g/mol. The molecule has 0 aromatic heterocycles. The molecule has 2 aromatic carbocycles. The van der Waals surface area contributed by atoms with Crippen LogP contribution in [0.3, 0.4) is 0 Å². The van der Waals surface area contributed by atoms with Gasteiger partial charge in [0.05, 0.1) is 0 Å². The summed E-state index contributed by atoms with van der Waals surface area (Å²) in [6.45, 7) is 0. The zero-order valence-corrected chi connectivity index (χ0v) is 18.3. The Hall–Kier alpha value is -2.95. The zero-order valence-electron chi connectivity index (χ0n) is 18.3. The lowest BCUT2D eigenvalue weighted by molar-refractivity contribution is -0.148. The third-order valence-electron chi connectivity index (χ3n) is 7.86. The maximum atomic E-state index is 13.3. The average Bonchev–Trinajstić information content (AvgIpc) is 2.78. The number of carbonyl (C=O) groups excluding carboxylic acids is 3. The molecule has 2 aromatic rings. The van der Waals surface area contributed by atoms with Crippen molar-refractivity contribution in [1.82, 2.24) is 5.32 Å². The van der Waals surface area contributed by atoms with Gasteiger partial charge in [0.1, 0.15) is 6.04 Å². The first-order valence-corrected chi connectivity index (χ1v) is 11.7. The lowest BCUT2D eigenvalue weighted by atomic mass is 9.49. The van der Waals surface area contributed by atoms with Crippen LogP contribution in [0.4, 0.5) is 0 Å². The predicted octanol–water partition coefficient (Wildman–Crippen LogP) is 3.65. The lowest BCUT2D eigenvalue weighted by Crippen LogP contribution is -2.57. The molecule has 0 spiro atoms. The van der Waals surface area contributed by atoms with Crippen LogP contribution in [0.15, 0.2) is 54.6 Å². The van der Waals surface area contributed by atoms with Crippen molar-refractivity contribution in [3.8, 4) is 0 Å². The van der Waals surface area contributed by atoms with E-state index in [-0.39, 0.29) is 17.1 Å². The second-order valence-corrected chi connectivity index (χ2v) is 10.2. The molecule has 5 nitrogen and oxygen atoms in total. The highest BCUT2D eigenvalue weighted by Gasteiger charge is 2.54. The summed E-state index contributed by atoms with van der Waals surface area (Å²) in [6.07, 6.45) is 6.97. The number of nitrogens with two attached hydrogens (primary N) is 1. The zero-order chi connectivity index (χ0) is 22.3. The van der Waals surface area contributed by atoms with E-state index in [0.29, 0.717) is 35.3 Å². The number of benzene rings is 2. The highest BCUT2D eigenvalue weighted by atomic mass is 16.2. The molecule has 4 aliphatic rings. The van der Waals surface area contributed by atoms with E-state index in [0.717, 1.165) is 24.8 Å². The molecule has 3 N–H and O–H groups in total. The standard InChI is InChI=1S/C27H30N2O3/c28-25(31)23(29-26(32)27-14-18-10-19(15-27)12-20(11-18)16-27)13-17-6-8-22(9-7-17)24(30)21-4-2-1-3-5-21/h1-9,18-20,23H,10-16H2,(H2,28,31)(H,29,32)/t18?,19?,20?,23-,27?/m0/s1. The van der Waals surface area contributed by atoms with Crippen molar-refractivity contribution in [3.63, 3.8) is 0 Å². The minimum Gasteiger partial charge on any atom is -0.368 e. The molecular formula is C27H30N2O3. The van der Waals surface area contributed by atoms with E-state index < -0.39 is 11.9 Å². The van der Waals surface area contributed by atoms with Crippen LogP contribution in [0.5, 0.6) is 0 Å². The van der Waals surface area contributed by atoms with Crippen LogP contribution in [0.25, 0.3) is 0 Å². The molecule has 0 aliphatic heterocycles. The number of nitrogens with one attached hydrogen (secondary N) is 1. The largest absolute Gasteiger partial charge is 0.368 e. The number of carbonyl (C=O) groups is 3. The first-order chi connectivity index (χ1) is 15.4. The number of primary amides is 1. The van der Waals surface area contributed by atoms with Gasteiger partial charge in [-0.1, -0.05) is 54.6 Å². The van der Waals surface area contributed by atoms with Crippen molar-refractivity contribution in [1.29, 1.82) is 0 Å². The van der Waals surface area contributed by atoms with E-state index in [1.165, 1.54) is 19.3 Å². The van der Waals surface area contributed by atoms with Gasteiger partial charge in [0.2, 0.25) is 11.8 Å². The molecule has 0 radical (unpaired) electrons. The van der Waals surface area contributed by atoms with Crippen LogP contribution < -0.4 is 11.1 Å². The number of hydrogen-bond acceptors (Lipinski definition) is 3. The van der Waals surface area contributed by atoms with Gasteiger partial charge in [-0.3, -0.25) is 14.4 Å². The highest BCUT2D eigenvalue weighted by Crippen LogP contribution is 2.60. The molecule has 5 heteroatoms. The van der Waals surface area contributed by atoms with Crippen LogP contribution in [0.1, 0.15) is 60.0 Å². The smallest absolute Gasteiger partial charge is 0.240 e. The summed E-state index contributed by atoms with van der Waals surface area (Å²) in [5, 5.41) is 3.00. The number of hydrogen-bond donors (Lipinski definition) is 2. The second kappa shape index (κ2) is 8.19. The Balaban J connectivity index is 1.26. The van der Waals surface area contributed by atoms with Gasteiger partial charge in [-0.15, -0.1) is 0 Å². The third-order valence-corrected chi connectivity index (χ3v) is 7.86. The van der Waals surface area contributed by atoms with Gasteiger partial charge in [0.15, 0.2) is 5.78 Å². The first-order valence-electron chi connectivity index (χ1n) is 11.7. The van der Waals surface area contributed by atoms with Crippen LogP contribution in [0.2, 0.25) is 0 Å².